The van der Waals surface area contributed by atoms with Gasteiger partial charge in [-0.25, -0.2) is 9.18 Å². The van der Waals surface area contributed by atoms with E-state index in [1.165, 1.54) is 13.2 Å². The van der Waals surface area contributed by atoms with Gasteiger partial charge in [0.25, 0.3) is 0 Å². The van der Waals surface area contributed by atoms with E-state index in [1.807, 2.05) is 39.8 Å². The summed E-state index contributed by atoms with van der Waals surface area (Å²) in [6.45, 7) is 8.72. The molecule has 2 aromatic rings. The summed E-state index contributed by atoms with van der Waals surface area (Å²) in [5.41, 5.74) is 4.33. The maximum absolute atomic E-state index is 14.6. The summed E-state index contributed by atoms with van der Waals surface area (Å²) in [6.07, 6.45) is 3.80. The van der Waals surface area contributed by atoms with E-state index in [1.54, 1.807) is 30.3 Å². The monoisotopic (exact) mass is 412 g/mol. The van der Waals surface area contributed by atoms with Crippen molar-refractivity contribution in [3.05, 3.63) is 76.6 Å². The maximum Gasteiger partial charge on any atom is 0.338 e. The predicted octanol–water partition coefficient (Wildman–Crippen LogP) is 6.11. The largest absolute Gasteiger partial charge is 0.497 e. The summed E-state index contributed by atoms with van der Waals surface area (Å²) in [5.74, 6) is -0.260. The van der Waals surface area contributed by atoms with Crippen molar-refractivity contribution < 1.29 is 23.4 Å². The summed E-state index contributed by atoms with van der Waals surface area (Å²) < 4.78 is 30.8. The molecular formula is C25H29FO4. The van der Waals surface area contributed by atoms with Crippen LogP contribution in [0.3, 0.4) is 0 Å². The second-order valence-corrected chi connectivity index (χ2v) is 7.39. The highest BCUT2D eigenvalue weighted by molar-refractivity contribution is 5.90. The predicted molar refractivity (Wildman–Crippen MR) is 117 cm³/mol. The standard InChI is InChI=1S/C25H29FO4/c1-17(2)10-12-29-16-20-14-19(25(27)30-13-11-18(3)4)6-8-22(20)23-15-21(28-5)7-9-24(23)26/h6-11,14-15H,12-13,16H2,1-5H3. The average molecular weight is 413 g/mol. The van der Waals surface area contributed by atoms with E-state index in [0.29, 0.717) is 34.6 Å². The van der Waals surface area contributed by atoms with Crippen molar-refractivity contribution in [2.75, 3.05) is 20.3 Å². The number of ether oxygens (including phenoxy) is 3. The Hall–Kier alpha value is -2.92. The molecule has 0 bridgehead atoms. The Bertz CT molecular complexity index is 936. The molecule has 0 heterocycles. The number of esters is 1. The molecule has 0 N–H and O–H groups in total. The molecule has 0 amide bonds. The third-order valence-electron chi connectivity index (χ3n) is 4.38. The lowest BCUT2D eigenvalue weighted by Gasteiger charge is -2.14. The second kappa shape index (κ2) is 11.3. The van der Waals surface area contributed by atoms with Crippen LogP contribution >= 0.6 is 0 Å². The lowest BCUT2D eigenvalue weighted by molar-refractivity contribution is 0.0548. The number of benzene rings is 2. The molecule has 160 valence electrons. The molecule has 0 aromatic heterocycles. The fourth-order valence-electron chi connectivity index (χ4n) is 2.70. The van der Waals surface area contributed by atoms with Crippen LogP contribution in [0.4, 0.5) is 4.39 Å². The Kier molecular flexibility index (Phi) is 8.81. The first-order valence-corrected chi connectivity index (χ1v) is 9.80. The molecule has 0 aliphatic rings. The van der Waals surface area contributed by atoms with Crippen LogP contribution in [0.2, 0.25) is 0 Å². The lowest BCUT2D eigenvalue weighted by atomic mass is 9.97. The van der Waals surface area contributed by atoms with Gasteiger partial charge < -0.3 is 14.2 Å². The normalized spacial score (nSPS) is 10.3. The first-order valence-electron chi connectivity index (χ1n) is 9.80. The minimum atomic E-state index is -0.435. The van der Waals surface area contributed by atoms with E-state index in [4.69, 9.17) is 14.2 Å². The Morgan fingerprint density at radius 2 is 1.63 bits per heavy atom. The van der Waals surface area contributed by atoms with Gasteiger partial charge in [0.2, 0.25) is 0 Å². The zero-order valence-corrected chi connectivity index (χ0v) is 18.3. The molecule has 2 aromatic carbocycles. The minimum Gasteiger partial charge on any atom is -0.497 e. The fourth-order valence-corrected chi connectivity index (χ4v) is 2.70. The highest BCUT2D eigenvalue weighted by Crippen LogP contribution is 2.31. The van der Waals surface area contributed by atoms with E-state index in [9.17, 15) is 9.18 Å². The zero-order chi connectivity index (χ0) is 22.1. The summed E-state index contributed by atoms with van der Waals surface area (Å²) in [4.78, 5) is 12.4. The summed E-state index contributed by atoms with van der Waals surface area (Å²) in [6, 6.07) is 9.62. The van der Waals surface area contributed by atoms with Crippen LogP contribution in [0.1, 0.15) is 43.6 Å². The molecule has 0 fully saturated rings. The van der Waals surface area contributed by atoms with Gasteiger partial charge in [-0.2, -0.15) is 0 Å². The number of halogens is 1. The van der Waals surface area contributed by atoms with Gasteiger partial charge in [-0.1, -0.05) is 23.3 Å². The van der Waals surface area contributed by atoms with E-state index in [-0.39, 0.29) is 19.0 Å². The molecule has 0 atom stereocenters. The maximum atomic E-state index is 14.6. The number of allylic oxidation sites excluding steroid dienone is 2. The Balaban J connectivity index is 2.37. The quantitative estimate of drug-likeness (QED) is 0.283. The minimum absolute atomic E-state index is 0.208. The Morgan fingerprint density at radius 1 is 0.933 bits per heavy atom. The van der Waals surface area contributed by atoms with Gasteiger partial charge in [0, 0.05) is 5.56 Å². The molecular weight excluding hydrogens is 383 g/mol. The van der Waals surface area contributed by atoms with Crippen molar-refractivity contribution in [1.29, 1.82) is 0 Å². The molecule has 4 nitrogen and oxygen atoms in total. The first-order chi connectivity index (χ1) is 14.3. The van der Waals surface area contributed by atoms with Crippen molar-refractivity contribution in [2.45, 2.75) is 34.3 Å². The highest BCUT2D eigenvalue weighted by atomic mass is 19.1. The van der Waals surface area contributed by atoms with Gasteiger partial charge >= 0.3 is 5.97 Å². The van der Waals surface area contributed by atoms with Gasteiger partial charge in [-0.05, 0) is 75.2 Å². The Morgan fingerprint density at radius 3 is 2.30 bits per heavy atom. The van der Waals surface area contributed by atoms with E-state index in [0.717, 1.165) is 11.1 Å². The highest BCUT2D eigenvalue weighted by Gasteiger charge is 2.15. The second-order valence-electron chi connectivity index (χ2n) is 7.39. The number of carbonyl (C=O) groups excluding carboxylic acids is 1. The van der Waals surface area contributed by atoms with Crippen LogP contribution in [-0.4, -0.2) is 26.3 Å². The molecule has 5 heteroatoms. The third-order valence-corrected chi connectivity index (χ3v) is 4.38. The average Bonchev–Trinajstić information content (AvgIpc) is 2.71. The van der Waals surface area contributed by atoms with Gasteiger partial charge in [-0.15, -0.1) is 0 Å². The summed E-state index contributed by atoms with van der Waals surface area (Å²) >= 11 is 0. The van der Waals surface area contributed by atoms with Gasteiger partial charge in [0.1, 0.15) is 18.2 Å². The topological polar surface area (TPSA) is 44.8 Å². The molecule has 0 radical (unpaired) electrons. The van der Waals surface area contributed by atoms with Gasteiger partial charge in [-0.3, -0.25) is 0 Å². The van der Waals surface area contributed by atoms with Crippen LogP contribution in [0.5, 0.6) is 5.75 Å². The number of carbonyl (C=O) groups is 1. The number of hydrogen-bond acceptors (Lipinski definition) is 4. The van der Waals surface area contributed by atoms with E-state index < -0.39 is 5.97 Å². The Labute approximate surface area is 178 Å². The van der Waals surface area contributed by atoms with Crippen molar-refractivity contribution in [1.82, 2.24) is 0 Å². The molecule has 0 aliphatic carbocycles. The molecule has 2 rings (SSSR count). The molecule has 30 heavy (non-hydrogen) atoms. The third kappa shape index (κ3) is 6.85. The molecule has 0 saturated carbocycles. The van der Waals surface area contributed by atoms with Crippen LogP contribution in [0.25, 0.3) is 11.1 Å². The molecule has 0 saturated heterocycles. The van der Waals surface area contributed by atoms with Crippen LogP contribution < -0.4 is 4.74 Å². The lowest BCUT2D eigenvalue weighted by Crippen LogP contribution is -2.07. The zero-order valence-electron chi connectivity index (χ0n) is 18.3. The number of methoxy groups -OCH3 is 1. The fraction of sp³-hybridized carbons (Fsp3) is 0.320. The van der Waals surface area contributed by atoms with Crippen molar-refractivity contribution >= 4 is 5.97 Å². The SMILES string of the molecule is COc1ccc(F)c(-c2ccc(C(=O)OCC=C(C)C)cc2COCC=C(C)C)c1. The summed E-state index contributed by atoms with van der Waals surface area (Å²) in [5, 5.41) is 0. The van der Waals surface area contributed by atoms with Crippen molar-refractivity contribution in [3.63, 3.8) is 0 Å². The molecule has 0 unspecified atom stereocenters. The van der Waals surface area contributed by atoms with Gasteiger partial charge in [0.05, 0.1) is 25.9 Å². The van der Waals surface area contributed by atoms with Crippen LogP contribution in [0.15, 0.2) is 59.7 Å². The molecule has 0 spiro atoms. The van der Waals surface area contributed by atoms with Crippen molar-refractivity contribution in [2.24, 2.45) is 0 Å². The van der Waals surface area contributed by atoms with Crippen LogP contribution in [-0.2, 0) is 16.1 Å². The summed E-state index contributed by atoms with van der Waals surface area (Å²) in [7, 11) is 1.53. The first kappa shape index (κ1) is 23.4. The number of rotatable bonds is 9. The molecule has 0 aliphatic heterocycles. The van der Waals surface area contributed by atoms with Crippen LogP contribution in [0, 0.1) is 5.82 Å². The van der Waals surface area contributed by atoms with Gasteiger partial charge in [0.15, 0.2) is 0 Å². The van der Waals surface area contributed by atoms with E-state index in [2.05, 4.69) is 0 Å². The van der Waals surface area contributed by atoms with Crippen molar-refractivity contribution in [3.8, 4) is 16.9 Å². The number of hydrogen-bond donors (Lipinski definition) is 0. The van der Waals surface area contributed by atoms with E-state index >= 15 is 0 Å². The smallest absolute Gasteiger partial charge is 0.338 e.